The van der Waals surface area contributed by atoms with Gasteiger partial charge in [0.1, 0.15) is 0 Å². The van der Waals surface area contributed by atoms with Crippen molar-refractivity contribution in [1.82, 2.24) is 0 Å². The van der Waals surface area contributed by atoms with Crippen LogP contribution in [0.15, 0.2) is 84.9 Å². The lowest BCUT2D eigenvalue weighted by molar-refractivity contribution is 0.0916. The molecule has 0 nitrogen and oxygen atoms in total. The van der Waals surface area contributed by atoms with Crippen molar-refractivity contribution in [2.45, 2.75) is 136 Å². The second-order valence-electron chi connectivity index (χ2n) is 18.3. The van der Waals surface area contributed by atoms with Crippen molar-refractivity contribution in [2.75, 3.05) is 0 Å². The number of rotatable bonds is 9. The highest BCUT2D eigenvalue weighted by Gasteiger charge is 2.56. The molecule has 0 N–H and O–H groups in total. The summed E-state index contributed by atoms with van der Waals surface area (Å²) >= 11 is 0. The molecule has 0 amide bonds. The third kappa shape index (κ3) is 4.52. The Balaban J connectivity index is 1.22. The molecule has 0 atom stereocenters. The largest absolute Gasteiger partial charge is 0.0653 e. The van der Waals surface area contributed by atoms with E-state index in [-0.39, 0.29) is 16.2 Å². The first kappa shape index (κ1) is 33.9. The number of hydrogen-bond donors (Lipinski definition) is 0. The average molecular weight is 683 g/mol. The van der Waals surface area contributed by atoms with Crippen molar-refractivity contribution in [3.05, 3.63) is 129 Å². The molecule has 1 fully saturated rings. The molecular weight excluding hydrogens is 625 g/mol. The minimum atomic E-state index is 0.0362. The molecule has 5 aromatic rings. The number of benzene rings is 5. The predicted octanol–water partition coefficient (Wildman–Crippen LogP) is 14.8. The third-order valence-corrected chi connectivity index (χ3v) is 14.1. The first-order valence-corrected chi connectivity index (χ1v) is 20.8. The highest BCUT2D eigenvalue weighted by Crippen LogP contribution is 2.66. The summed E-state index contributed by atoms with van der Waals surface area (Å²) < 4.78 is 0. The molecular formula is C52H58. The second-order valence-corrected chi connectivity index (χ2v) is 18.3. The van der Waals surface area contributed by atoms with Gasteiger partial charge >= 0.3 is 0 Å². The standard InChI is InChI=1S/C52H58/c1-9-21-50(22-10-2)43-25-33(5)14-18-39(43)41-29-48-42(30-47(41)50)40-20-16-35(27-45(40)51(48,23-11-3)24-12-4)36-15-19-38-37-17-13-34(6)26-44(37)52(46(38)28-36)31-49(7,8)32-52/h13-20,25-30H,9-12,21-24,31-32H2,1-8H3. The zero-order valence-corrected chi connectivity index (χ0v) is 33.2. The van der Waals surface area contributed by atoms with E-state index in [0.29, 0.717) is 5.41 Å². The Morgan fingerprint density at radius 1 is 0.404 bits per heavy atom. The van der Waals surface area contributed by atoms with Gasteiger partial charge in [-0.05, 0) is 160 Å². The summed E-state index contributed by atoms with van der Waals surface area (Å²) in [4.78, 5) is 0. The van der Waals surface area contributed by atoms with Gasteiger partial charge in [-0.25, -0.2) is 0 Å². The van der Waals surface area contributed by atoms with Gasteiger partial charge in [0, 0.05) is 16.2 Å². The molecule has 5 aromatic carbocycles. The van der Waals surface area contributed by atoms with Gasteiger partial charge in [-0.3, -0.25) is 0 Å². The number of hydrogen-bond acceptors (Lipinski definition) is 0. The van der Waals surface area contributed by atoms with Gasteiger partial charge in [0.05, 0.1) is 0 Å². The lowest BCUT2D eigenvalue weighted by atomic mass is 9.51. The van der Waals surface area contributed by atoms with E-state index in [1.807, 2.05) is 0 Å². The maximum Gasteiger partial charge on any atom is 0.0225 e. The van der Waals surface area contributed by atoms with E-state index < -0.39 is 0 Å². The van der Waals surface area contributed by atoms with Crippen molar-refractivity contribution in [3.63, 3.8) is 0 Å². The van der Waals surface area contributed by atoms with Gasteiger partial charge in [0.25, 0.3) is 0 Å². The van der Waals surface area contributed by atoms with Crippen LogP contribution in [0.5, 0.6) is 0 Å². The SMILES string of the molecule is CCCC1(CCC)c2cc(C)ccc2-c2cc3c(cc21)-c1ccc(-c2ccc4c(c2)C2(CC(C)(C)C2)c2cc(C)ccc2-4)cc1C3(CCC)CCC. The monoisotopic (exact) mass is 682 g/mol. The molecule has 0 radical (unpaired) electrons. The van der Waals surface area contributed by atoms with Crippen LogP contribution in [0, 0.1) is 19.3 Å². The van der Waals surface area contributed by atoms with Gasteiger partial charge in [-0.15, -0.1) is 0 Å². The highest BCUT2D eigenvalue weighted by molar-refractivity contribution is 5.92. The molecule has 0 bridgehead atoms. The van der Waals surface area contributed by atoms with Gasteiger partial charge in [0.15, 0.2) is 0 Å². The Hall–Kier alpha value is -3.90. The van der Waals surface area contributed by atoms with Crippen LogP contribution >= 0.6 is 0 Å². The fourth-order valence-corrected chi connectivity index (χ4v) is 12.6. The van der Waals surface area contributed by atoms with E-state index in [1.165, 1.54) is 120 Å². The summed E-state index contributed by atoms with van der Waals surface area (Å²) in [5.74, 6) is 0. The fourth-order valence-electron chi connectivity index (χ4n) is 12.6. The Morgan fingerprint density at radius 2 is 0.750 bits per heavy atom. The molecule has 1 saturated carbocycles. The topological polar surface area (TPSA) is 0 Å². The maximum absolute atomic E-state index is 2.70. The van der Waals surface area contributed by atoms with Crippen molar-refractivity contribution in [3.8, 4) is 44.5 Å². The summed E-state index contributed by atoms with van der Waals surface area (Å²) in [5, 5.41) is 0. The lowest BCUT2D eigenvalue weighted by Gasteiger charge is -2.53. The van der Waals surface area contributed by atoms with Crippen molar-refractivity contribution in [2.24, 2.45) is 5.41 Å². The summed E-state index contributed by atoms with van der Waals surface area (Å²) in [7, 11) is 0. The van der Waals surface area contributed by atoms with E-state index in [0.717, 1.165) is 0 Å². The fraction of sp³-hybridized carbons (Fsp3) is 0.423. The van der Waals surface area contributed by atoms with E-state index in [4.69, 9.17) is 0 Å². The Labute approximate surface area is 314 Å². The predicted molar refractivity (Wildman–Crippen MR) is 223 cm³/mol. The molecule has 0 aromatic heterocycles. The van der Waals surface area contributed by atoms with Gasteiger partial charge in [0.2, 0.25) is 0 Å². The zero-order valence-electron chi connectivity index (χ0n) is 33.2. The minimum Gasteiger partial charge on any atom is -0.0653 e. The first-order chi connectivity index (χ1) is 25.0. The van der Waals surface area contributed by atoms with Crippen LogP contribution in [0.25, 0.3) is 44.5 Å². The van der Waals surface area contributed by atoms with E-state index in [9.17, 15) is 0 Å². The Bertz CT molecular complexity index is 2240. The maximum atomic E-state index is 2.70. The molecule has 4 aliphatic carbocycles. The van der Waals surface area contributed by atoms with Crippen molar-refractivity contribution in [1.29, 1.82) is 0 Å². The minimum absolute atomic E-state index is 0.0362. The summed E-state index contributed by atoms with van der Waals surface area (Å²) in [5.41, 5.74) is 24.6. The van der Waals surface area contributed by atoms with Crippen LogP contribution in [-0.4, -0.2) is 0 Å². The third-order valence-electron chi connectivity index (χ3n) is 14.1. The van der Waals surface area contributed by atoms with E-state index in [2.05, 4.69) is 140 Å². The zero-order chi connectivity index (χ0) is 36.2. The van der Waals surface area contributed by atoms with Crippen LogP contribution in [0.1, 0.15) is 150 Å². The normalized spacial score (nSPS) is 18.3. The van der Waals surface area contributed by atoms with Gasteiger partial charge in [-0.2, -0.15) is 0 Å². The molecule has 0 unspecified atom stereocenters. The average Bonchev–Trinajstić information content (AvgIpc) is 3.63. The second kappa shape index (κ2) is 11.8. The summed E-state index contributed by atoms with van der Waals surface area (Å²) in [6.45, 7) is 19.0. The molecule has 0 aliphatic heterocycles. The summed E-state index contributed by atoms with van der Waals surface area (Å²) in [6, 6.07) is 35.0. The first-order valence-electron chi connectivity index (χ1n) is 20.8. The van der Waals surface area contributed by atoms with E-state index in [1.54, 1.807) is 33.4 Å². The Morgan fingerprint density at radius 3 is 1.19 bits per heavy atom. The van der Waals surface area contributed by atoms with Crippen LogP contribution in [0.2, 0.25) is 0 Å². The molecule has 9 rings (SSSR count). The summed E-state index contributed by atoms with van der Waals surface area (Å²) in [6.07, 6.45) is 12.0. The molecule has 266 valence electrons. The molecule has 0 heterocycles. The van der Waals surface area contributed by atoms with E-state index >= 15 is 0 Å². The van der Waals surface area contributed by atoms with Crippen molar-refractivity contribution < 1.29 is 0 Å². The van der Waals surface area contributed by atoms with Crippen LogP contribution in [-0.2, 0) is 16.2 Å². The molecule has 52 heavy (non-hydrogen) atoms. The lowest BCUT2D eigenvalue weighted by Crippen LogP contribution is -2.46. The number of fused-ring (bicyclic) bond motifs is 11. The van der Waals surface area contributed by atoms with Crippen LogP contribution < -0.4 is 0 Å². The van der Waals surface area contributed by atoms with Gasteiger partial charge in [-0.1, -0.05) is 139 Å². The van der Waals surface area contributed by atoms with Crippen molar-refractivity contribution >= 4 is 0 Å². The molecule has 4 aliphatic rings. The smallest absolute Gasteiger partial charge is 0.0225 e. The molecule has 0 saturated heterocycles. The number of aryl methyl sites for hydroxylation is 2. The van der Waals surface area contributed by atoms with Crippen LogP contribution in [0.4, 0.5) is 0 Å². The molecule has 0 heteroatoms. The van der Waals surface area contributed by atoms with Crippen LogP contribution in [0.3, 0.4) is 0 Å². The highest BCUT2D eigenvalue weighted by atomic mass is 14.6. The van der Waals surface area contributed by atoms with Gasteiger partial charge < -0.3 is 0 Å². The Kier molecular flexibility index (Phi) is 7.69. The molecule has 1 spiro atoms. The quantitative estimate of drug-likeness (QED) is 0.145.